The summed E-state index contributed by atoms with van der Waals surface area (Å²) in [6.07, 6.45) is 21.2. The number of allylic oxidation sites excluding steroid dienone is 2. The van der Waals surface area contributed by atoms with Crippen molar-refractivity contribution in [3.8, 4) is 0 Å². The first-order chi connectivity index (χ1) is 9.77. The predicted molar refractivity (Wildman–Crippen MR) is 97.0 cm³/mol. The Hall–Kier alpha value is 0.0801. The van der Waals surface area contributed by atoms with Crippen LogP contribution in [0.3, 0.4) is 0 Å². The first-order valence-electron chi connectivity index (χ1n) is 8.64. The van der Waals surface area contributed by atoms with Gasteiger partial charge in [-0.1, -0.05) is 70.4 Å². The molecule has 0 aliphatic carbocycles. The number of carboxylic acids is 1. The summed E-state index contributed by atoms with van der Waals surface area (Å²) in [5.41, 5.74) is 0. The first-order valence-corrected chi connectivity index (χ1v) is 8.64. The van der Waals surface area contributed by atoms with E-state index in [9.17, 15) is 4.79 Å². The van der Waals surface area contributed by atoms with Crippen molar-refractivity contribution in [2.45, 2.75) is 96.8 Å². The average Bonchev–Trinajstić information content (AvgIpc) is 2.43. The van der Waals surface area contributed by atoms with Crippen molar-refractivity contribution in [3.05, 3.63) is 12.2 Å². The standard InChI is InChI=1S/C18H34O2.In.3H/c1-2-3-4-5-6-7-8-9-10-11-12-13-14-15-16-17-18(19)20;;;;/h9-10H,2-8,11-17H2,1H3,(H,19,20);;;;/b10-9-;;;;. The van der Waals surface area contributed by atoms with E-state index in [1.807, 2.05) is 0 Å². The van der Waals surface area contributed by atoms with Crippen molar-refractivity contribution < 1.29 is 9.90 Å². The summed E-state index contributed by atoms with van der Waals surface area (Å²) in [7, 11) is 0. The Labute approximate surface area is 150 Å². The molecule has 0 atom stereocenters. The van der Waals surface area contributed by atoms with E-state index in [4.69, 9.17) is 5.11 Å². The van der Waals surface area contributed by atoms with Gasteiger partial charge in [0.15, 0.2) is 0 Å². The molecule has 1 N–H and O–H groups in total. The quantitative estimate of drug-likeness (QED) is 0.313. The number of aliphatic carboxylic acids is 1. The maximum atomic E-state index is 10.3. The number of unbranched alkanes of at least 4 members (excludes halogenated alkanes) is 11. The van der Waals surface area contributed by atoms with Crippen molar-refractivity contribution in [2.24, 2.45) is 0 Å². The molecule has 0 amide bonds. The van der Waals surface area contributed by atoms with Crippen LogP contribution in [0.1, 0.15) is 96.8 Å². The van der Waals surface area contributed by atoms with E-state index in [0.717, 1.165) is 12.8 Å². The summed E-state index contributed by atoms with van der Waals surface area (Å²) in [6, 6.07) is 0. The Morgan fingerprint density at radius 2 is 1.19 bits per heavy atom. The van der Waals surface area contributed by atoms with Gasteiger partial charge in [-0.2, -0.15) is 0 Å². The Kier molecular flexibility index (Phi) is 22.3. The van der Waals surface area contributed by atoms with Crippen LogP contribution in [0, 0.1) is 0 Å². The molecular formula is C18H37InO2. The van der Waals surface area contributed by atoms with E-state index >= 15 is 0 Å². The van der Waals surface area contributed by atoms with Crippen LogP contribution in [0.15, 0.2) is 12.2 Å². The minimum absolute atomic E-state index is 0. The summed E-state index contributed by atoms with van der Waals surface area (Å²) in [4.78, 5) is 10.3. The number of rotatable bonds is 15. The van der Waals surface area contributed by atoms with Gasteiger partial charge in [-0.15, -0.1) is 0 Å². The second kappa shape index (κ2) is 20.1. The molecule has 124 valence electrons. The van der Waals surface area contributed by atoms with E-state index in [1.54, 1.807) is 0 Å². The second-order valence-electron chi connectivity index (χ2n) is 5.73. The fraction of sp³-hybridized carbons (Fsp3) is 0.833. The van der Waals surface area contributed by atoms with E-state index in [-0.39, 0.29) is 25.8 Å². The summed E-state index contributed by atoms with van der Waals surface area (Å²) in [5.74, 6) is -0.664. The van der Waals surface area contributed by atoms with Crippen LogP contribution in [0.5, 0.6) is 0 Å². The molecule has 0 aromatic carbocycles. The number of carboxylic acid groups (broad SMARTS) is 1. The predicted octanol–water partition coefficient (Wildman–Crippen LogP) is 4.92. The van der Waals surface area contributed by atoms with Crippen LogP contribution < -0.4 is 0 Å². The Morgan fingerprint density at radius 1 is 0.762 bits per heavy atom. The summed E-state index contributed by atoms with van der Waals surface area (Å²) >= 11 is 0. The van der Waals surface area contributed by atoms with Gasteiger partial charge in [0.25, 0.3) is 0 Å². The molecule has 0 spiro atoms. The van der Waals surface area contributed by atoms with Crippen LogP contribution in [0.2, 0.25) is 0 Å². The van der Waals surface area contributed by atoms with Gasteiger partial charge in [-0.25, -0.2) is 0 Å². The molecule has 0 aliphatic heterocycles. The zero-order valence-electron chi connectivity index (χ0n) is 13.4. The normalized spacial score (nSPS) is 10.7. The molecule has 0 bridgehead atoms. The van der Waals surface area contributed by atoms with Crippen LogP contribution in [0.4, 0.5) is 0 Å². The summed E-state index contributed by atoms with van der Waals surface area (Å²) in [6.45, 7) is 2.26. The van der Waals surface area contributed by atoms with Gasteiger partial charge in [-0.3, -0.25) is 4.79 Å². The second-order valence-corrected chi connectivity index (χ2v) is 5.73. The molecule has 0 heterocycles. The molecule has 0 radical (unpaired) electrons. The first kappa shape index (κ1) is 23.3. The Balaban J connectivity index is 0. The molecule has 0 aliphatic rings. The third-order valence-electron chi connectivity index (χ3n) is 3.65. The molecule has 0 fully saturated rings. The van der Waals surface area contributed by atoms with Crippen LogP contribution in [-0.4, -0.2) is 36.9 Å². The molecule has 0 aromatic rings. The van der Waals surface area contributed by atoms with Gasteiger partial charge >= 0.3 is 31.8 Å². The molecule has 0 rings (SSSR count). The molecular weight excluding hydrogens is 363 g/mol. The van der Waals surface area contributed by atoms with Gasteiger partial charge in [0, 0.05) is 6.42 Å². The monoisotopic (exact) mass is 400 g/mol. The third-order valence-corrected chi connectivity index (χ3v) is 3.65. The van der Waals surface area contributed by atoms with E-state index < -0.39 is 5.97 Å². The SMILES string of the molecule is CCCCCCCC/C=C\CCCCCCCC(=O)O.[InH3]. The topological polar surface area (TPSA) is 37.3 Å². The Morgan fingerprint density at radius 3 is 1.67 bits per heavy atom. The number of hydrogen-bond donors (Lipinski definition) is 1. The fourth-order valence-corrected chi connectivity index (χ4v) is 2.35. The molecule has 0 unspecified atom stereocenters. The average molecular weight is 400 g/mol. The van der Waals surface area contributed by atoms with Crippen LogP contribution in [-0.2, 0) is 4.79 Å². The van der Waals surface area contributed by atoms with Gasteiger partial charge < -0.3 is 5.11 Å². The molecule has 0 saturated carbocycles. The molecule has 0 saturated heterocycles. The van der Waals surface area contributed by atoms with E-state index in [1.165, 1.54) is 70.6 Å². The van der Waals surface area contributed by atoms with Gasteiger partial charge in [-0.05, 0) is 32.1 Å². The van der Waals surface area contributed by atoms with Crippen molar-refractivity contribution in [3.63, 3.8) is 0 Å². The van der Waals surface area contributed by atoms with E-state index in [2.05, 4.69) is 19.1 Å². The number of carbonyl (C=O) groups is 1. The van der Waals surface area contributed by atoms with Crippen LogP contribution in [0.25, 0.3) is 0 Å². The fourth-order valence-electron chi connectivity index (χ4n) is 2.35. The van der Waals surface area contributed by atoms with Gasteiger partial charge in [0.05, 0.1) is 0 Å². The van der Waals surface area contributed by atoms with Gasteiger partial charge in [0.2, 0.25) is 0 Å². The Bertz CT molecular complexity index is 239. The molecule has 21 heavy (non-hydrogen) atoms. The zero-order valence-corrected chi connectivity index (χ0v) is 13.4. The number of hydrogen-bond acceptors (Lipinski definition) is 1. The van der Waals surface area contributed by atoms with Crippen molar-refractivity contribution >= 4 is 31.8 Å². The van der Waals surface area contributed by atoms with Gasteiger partial charge in [0.1, 0.15) is 0 Å². The molecule has 0 aromatic heterocycles. The van der Waals surface area contributed by atoms with Crippen molar-refractivity contribution in [1.82, 2.24) is 0 Å². The van der Waals surface area contributed by atoms with Crippen molar-refractivity contribution in [2.75, 3.05) is 0 Å². The van der Waals surface area contributed by atoms with Crippen LogP contribution >= 0.6 is 0 Å². The third kappa shape index (κ3) is 22.5. The summed E-state index contributed by atoms with van der Waals surface area (Å²) < 4.78 is 0. The van der Waals surface area contributed by atoms with E-state index in [0.29, 0.717) is 6.42 Å². The molecule has 2 nitrogen and oxygen atoms in total. The van der Waals surface area contributed by atoms with Crippen molar-refractivity contribution in [1.29, 1.82) is 0 Å². The summed E-state index contributed by atoms with van der Waals surface area (Å²) in [5, 5.41) is 8.51. The zero-order chi connectivity index (χ0) is 14.9. The maximum absolute atomic E-state index is 10.3. The minimum atomic E-state index is -0.664. The molecule has 3 heteroatoms.